The van der Waals surface area contributed by atoms with Crippen molar-refractivity contribution in [3.05, 3.63) is 77.9 Å². The molecule has 2 amide bonds. The van der Waals surface area contributed by atoms with Gasteiger partial charge >= 0.3 is 6.03 Å². The predicted octanol–water partition coefficient (Wildman–Crippen LogP) is 4.56. The van der Waals surface area contributed by atoms with E-state index in [0.29, 0.717) is 44.1 Å². The van der Waals surface area contributed by atoms with E-state index >= 15 is 0 Å². The first-order chi connectivity index (χ1) is 17.9. The van der Waals surface area contributed by atoms with Crippen molar-refractivity contribution >= 4 is 28.6 Å². The molecule has 2 aromatic carbocycles. The quantitative estimate of drug-likeness (QED) is 0.434. The summed E-state index contributed by atoms with van der Waals surface area (Å²) in [5.41, 5.74) is 4.90. The van der Waals surface area contributed by atoms with Crippen LogP contribution in [-0.4, -0.2) is 71.1 Å². The summed E-state index contributed by atoms with van der Waals surface area (Å²) < 4.78 is 13.5. The van der Waals surface area contributed by atoms with E-state index in [-0.39, 0.29) is 11.8 Å². The Balaban J connectivity index is 1.40. The van der Waals surface area contributed by atoms with Gasteiger partial charge in [-0.05, 0) is 75.1 Å². The molecule has 1 aliphatic rings. The molecular formula is C28H30FN7O. The number of amides is 2. The molecule has 1 saturated heterocycles. The maximum absolute atomic E-state index is 13.5. The third-order valence-electron chi connectivity index (χ3n) is 6.30. The summed E-state index contributed by atoms with van der Waals surface area (Å²) >= 11 is 0. The fourth-order valence-corrected chi connectivity index (χ4v) is 4.45. The molecule has 1 aliphatic heterocycles. The molecule has 4 aromatic rings. The van der Waals surface area contributed by atoms with Crippen LogP contribution in [0.2, 0.25) is 0 Å². The second-order valence-corrected chi connectivity index (χ2v) is 9.55. The Morgan fingerprint density at radius 2 is 1.73 bits per heavy atom. The molecule has 0 saturated carbocycles. The van der Waals surface area contributed by atoms with Gasteiger partial charge < -0.3 is 20.0 Å². The zero-order valence-corrected chi connectivity index (χ0v) is 21.3. The first-order valence-electron chi connectivity index (χ1n) is 12.3. The van der Waals surface area contributed by atoms with Crippen molar-refractivity contribution in [1.29, 1.82) is 0 Å². The Morgan fingerprint density at radius 3 is 2.43 bits per heavy atom. The number of fused-ring (bicyclic) bond motifs is 1. The standard InChI is InChI=1S/C28H30FN7O/c1-19-5-4-6-22(17-19)30-28(37)36-15-13-35(14-16-36)27-26-24(31-25(33-27)18-34(2)3)12-11-23(32-26)20-7-9-21(29)10-8-20/h4-12,17H,13-16,18H2,1-3H3,(H,30,37). The molecule has 0 unspecified atom stereocenters. The van der Waals surface area contributed by atoms with E-state index in [2.05, 4.69) is 10.2 Å². The SMILES string of the molecule is Cc1cccc(NC(=O)N2CCN(c3nc(CN(C)C)nc4ccc(-c5ccc(F)cc5)nc34)CC2)c1. The molecule has 190 valence electrons. The third-order valence-corrected chi connectivity index (χ3v) is 6.30. The van der Waals surface area contributed by atoms with Gasteiger partial charge in [0.25, 0.3) is 0 Å². The second kappa shape index (κ2) is 10.5. The fraction of sp³-hybridized carbons (Fsp3) is 0.286. The zero-order valence-electron chi connectivity index (χ0n) is 21.3. The number of benzene rings is 2. The van der Waals surface area contributed by atoms with Gasteiger partial charge in [-0.15, -0.1) is 0 Å². The number of halogens is 1. The molecule has 5 rings (SSSR count). The smallest absolute Gasteiger partial charge is 0.321 e. The van der Waals surface area contributed by atoms with Crippen LogP contribution in [0.15, 0.2) is 60.7 Å². The number of aryl methyl sites for hydroxylation is 1. The maximum atomic E-state index is 13.5. The van der Waals surface area contributed by atoms with Crippen molar-refractivity contribution in [1.82, 2.24) is 24.8 Å². The number of nitrogens with zero attached hydrogens (tertiary/aromatic N) is 6. The summed E-state index contributed by atoms with van der Waals surface area (Å²) in [5, 5.41) is 3.00. The molecule has 1 N–H and O–H groups in total. The van der Waals surface area contributed by atoms with E-state index in [4.69, 9.17) is 15.0 Å². The van der Waals surface area contributed by atoms with Crippen LogP contribution in [0.1, 0.15) is 11.4 Å². The van der Waals surface area contributed by atoms with Crippen LogP contribution < -0.4 is 10.2 Å². The average Bonchev–Trinajstić information content (AvgIpc) is 2.88. The highest BCUT2D eigenvalue weighted by Crippen LogP contribution is 2.27. The van der Waals surface area contributed by atoms with Gasteiger partial charge in [0.05, 0.1) is 17.8 Å². The molecule has 3 heterocycles. The van der Waals surface area contributed by atoms with Crippen LogP contribution >= 0.6 is 0 Å². The van der Waals surface area contributed by atoms with E-state index in [1.807, 2.05) is 67.2 Å². The predicted molar refractivity (Wildman–Crippen MR) is 144 cm³/mol. The summed E-state index contributed by atoms with van der Waals surface area (Å²) in [7, 11) is 3.96. The van der Waals surface area contributed by atoms with Crippen LogP contribution in [-0.2, 0) is 6.54 Å². The molecule has 1 fully saturated rings. The van der Waals surface area contributed by atoms with E-state index in [0.717, 1.165) is 33.8 Å². The van der Waals surface area contributed by atoms with Gasteiger partial charge in [0.15, 0.2) is 5.82 Å². The number of aromatic nitrogens is 3. The Morgan fingerprint density at radius 1 is 0.973 bits per heavy atom. The topological polar surface area (TPSA) is 77.5 Å². The van der Waals surface area contributed by atoms with E-state index in [1.165, 1.54) is 12.1 Å². The van der Waals surface area contributed by atoms with E-state index in [1.54, 1.807) is 12.1 Å². The van der Waals surface area contributed by atoms with Crippen molar-refractivity contribution in [2.24, 2.45) is 0 Å². The number of rotatable bonds is 5. The van der Waals surface area contributed by atoms with Crippen LogP contribution in [0.4, 0.5) is 20.7 Å². The molecule has 0 aliphatic carbocycles. The minimum absolute atomic E-state index is 0.109. The van der Waals surface area contributed by atoms with Gasteiger partial charge in [-0.25, -0.2) is 24.1 Å². The van der Waals surface area contributed by atoms with E-state index in [9.17, 15) is 9.18 Å². The molecule has 2 aromatic heterocycles. The minimum Gasteiger partial charge on any atom is -0.351 e. The minimum atomic E-state index is -0.286. The number of hydrogen-bond acceptors (Lipinski definition) is 6. The number of piperazine rings is 1. The normalized spacial score (nSPS) is 13.9. The molecule has 0 radical (unpaired) electrons. The lowest BCUT2D eigenvalue weighted by Crippen LogP contribution is -2.50. The summed E-state index contributed by atoms with van der Waals surface area (Å²) in [6.45, 7) is 4.96. The first kappa shape index (κ1) is 24.6. The second-order valence-electron chi connectivity index (χ2n) is 9.55. The van der Waals surface area contributed by atoms with Crippen LogP contribution in [0, 0.1) is 12.7 Å². The number of carbonyl (C=O) groups is 1. The van der Waals surface area contributed by atoms with Gasteiger partial charge in [-0.1, -0.05) is 12.1 Å². The molecule has 0 bridgehead atoms. The lowest BCUT2D eigenvalue weighted by Gasteiger charge is -2.35. The number of anilines is 2. The summed E-state index contributed by atoms with van der Waals surface area (Å²) in [5.74, 6) is 1.18. The Labute approximate surface area is 215 Å². The van der Waals surface area contributed by atoms with Crippen molar-refractivity contribution in [2.45, 2.75) is 13.5 Å². The van der Waals surface area contributed by atoms with Gasteiger partial charge in [-0.2, -0.15) is 0 Å². The lowest BCUT2D eigenvalue weighted by atomic mass is 10.1. The number of hydrogen-bond donors (Lipinski definition) is 1. The first-order valence-corrected chi connectivity index (χ1v) is 12.3. The van der Waals surface area contributed by atoms with Crippen molar-refractivity contribution in [2.75, 3.05) is 50.5 Å². The maximum Gasteiger partial charge on any atom is 0.321 e. The average molecular weight is 500 g/mol. The summed E-state index contributed by atoms with van der Waals surface area (Å²) in [4.78, 5) is 33.4. The number of nitrogens with one attached hydrogen (secondary N) is 1. The molecule has 37 heavy (non-hydrogen) atoms. The van der Waals surface area contributed by atoms with Crippen molar-refractivity contribution in [3.8, 4) is 11.3 Å². The summed E-state index contributed by atoms with van der Waals surface area (Å²) in [6.07, 6.45) is 0. The van der Waals surface area contributed by atoms with Crippen molar-refractivity contribution in [3.63, 3.8) is 0 Å². The number of carbonyl (C=O) groups excluding carboxylic acids is 1. The molecule has 0 atom stereocenters. The van der Waals surface area contributed by atoms with Gasteiger partial charge in [-0.3, -0.25) is 0 Å². The van der Waals surface area contributed by atoms with Crippen LogP contribution in [0.5, 0.6) is 0 Å². The fourth-order valence-electron chi connectivity index (χ4n) is 4.45. The monoisotopic (exact) mass is 499 g/mol. The highest BCUT2D eigenvalue weighted by atomic mass is 19.1. The lowest BCUT2D eigenvalue weighted by molar-refractivity contribution is 0.208. The van der Waals surface area contributed by atoms with Crippen molar-refractivity contribution < 1.29 is 9.18 Å². The highest BCUT2D eigenvalue weighted by Gasteiger charge is 2.25. The highest BCUT2D eigenvalue weighted by molar-refractivity contribution is 5.90. The van der Waals surface area contributed by atoms with Gasteiger partial charge in [0.1, 0.15) is 17.2 Å². The molecule has 9 heteroatoms. The zero-order chi connectivity index (χ0) is 25.9. The Bertz CT molecular complexity index is 1420. The van der Waals surface area contributed by atoms with Crippen LogP contribution in [0.25, 0.3) is 22.3 Å². The summed E-state index contributed by atoms with van der Waals surface area (Å²) in [6, 6.07) is 17.8. The van der Waals surface area contributed by atoms with Gasteiger partial charge in [0.2, 0.25) is 0 Å². The molecule has 0 spiro atoms. The van der Waals surface area contributed by atoms with E-state index < -0.39 is 0 Å². The molecule has 8 nitrogen and oxygen atoms in total. The molecular weight excluding hydrogens is 469 g/mol. The van der Waals surface area contributed by atoms with Crippen LogP contribution in [0.3, 0.4) is 0 Å². The Kier molecular flexibility index (Phi) is 6.96. The van der Waals surface area contributed by atoms with Gasteiger partial charge in [0, 0.05) is 37.4 Å². The third kappa shape index (κ3) is 5.67. The Hall–Kier alpha value is -4.11. The number of urea groups is 1. The number of pyridine rings is 1. The largest absolute Gasteiger partial charge is 0.351 e.